The number of rotatable bonds is 1. The van der Waals surface area contributed by atoms with Crippen molar-refractivity contribution in [3.63, 3.8) is 0 Å². The van der Waals surface area contributed by atoms with E-state index in [-0.39, 0.29) is 17.3 Å². The minimum atomic E-state index is -0.163. The molecule has 0 spiro atoms. The molecule has 0 N–H and O–H groups in total. The third kappa shape index (κ3) is 2.39. The Morgan fingerprint density at radius 1 is 1.00 bits per heavy atom. The number of benzene rings is 2. The Labute approximate surface area is 136 Å². The zero-order valence-corrected chi connectivity index (χ0v) is 13.5. The molecule has 2 aliphatic rings. The van der Waals surface area contributed by atoms with Crippen LogP contribution in [0.4, 0.5) is 0 Å². The summed E-state index contributed by atoms with van der Waals surface area (Å²) in [6.07, 6.45) is 1.82. The average Bonchev–Trinajstić information content (AvgIpc) is 2.54. The fourth-order valence-electron chi connectivity index (χ4n) is 3.92. The van der Waals surface area contributed by atoms with Gasteiger partial charge in [0.25, 0.3) is 0 Å². The van der Waals surface area contributed by atoms with Crippen molar-refractivity contribution in [2.24, 2.45) is 11.3 Å². The first-order chi connectivity index (χ1) is 11.1. The monoisotopic (exact) mass is 304 g/mol. The Balaban J connectivity index is 2.00. The van der Waals surface area contributed by atoms with Crippen LogP contribution in [0.25, 0.3) is 11.1 Å². The van der Waals surface area contributed by atoms with Gasteiger partial charge in [0.1, 0.15) is 5.75 Å². The zero-order valence-electron chi connectivity index (χ0n) is 13.5. The van der Waals surface area contributed by atoms with E-state index in [2.05, 4.69) is 44.2 Å². The molecule has 4 rings (SSSR count). The van der Waals surface area contributed by atoms with Crippen LogP contribution in [0, 0.1) is 11.3 Å². The van der Waals surface area contributed by atoms with Crippen LogP contribution in [0.3, 0.4) is 0 Å². The van der Waals surface area contributed by atoms with E-state index in [1.807, 2.05) is 24.3 Å². The molecule has 0 amide bonds. The summed E-state index contributed by atoms with van der Waals surface area (Å²) < 4.78 is 5.61. The van der Waals surface area contributed by atoms with Crippen molar-refractivity contribution >= 4 is 17.1 Å². The van der Waals surface area contributed by atoms with E-state index in [4.69, 9.17) is 4.74 Å². The van der Waals surface area contributed by atoms with Crippen LogP contribution in [-0.4, -0.2) is 5.97 Å². The summed E-state index contributed by atoms with van der Waals surface area (Å²) in [6, 6.07) is 18.3. The molecule has 2 heteroatoms. The SMILES string of the molecule is CC1(C)CC(c2ccccc2)=C2c3ccccc3OC(=O)C2C1. The summed E-state index contributed by atoms with van der Waals surface area (Å²) in [6.45, 7) is 4.47. The van der Waals surface area contributed by atoms with E-state index < -0.39 is 0 Å². The van der Waals surface area contributed by atoms with Crippen LogP contribution in [0.2, 0.25) is 0 Å². The van der Waals surface area contributed by atoms with Crippen LogP contribution in [0.15, 0.2) is 54.6 Å². The van der Waals surface area contributed by atoms with Gasteiger partial charge < -0.3 is 4.74 Å². The summed E-state index contributed by atoms with van der Waals surface area (Å²) in [5.74, 6) is 0.417. The van der Waals surface area contributed by atoms with Gasteiger partial charge in [-0.05, 0) is 41.0 Å². The summed E-state index contributed by atoms with van der Waals surface area (Å²) in [5, 5.41) is 0. The minimum Gasteiger partial charge on any atom is -0.425 e. The first kappa shape index (κ1) is 14.3. The Kier molecular flexibility index (Phi) is 3.15. The first-order valence-electron chi connectivity index (χ1n) is 8.15. The average molecular weight is 304 g/mol. The lowest BCUT2D eigenvalue weighted by Gasteiger charge is -2.40. The molecule has 1 aliphatic carbocycles. The molecule has 2 aromatic carbocycles. The second-order valence-electron chi connectivity index (χ2n) is 7.27. The predicted molar refractivity (Wildman–Crippen MR) is 91.8 cm³/mol. The van der Waals surface area contributed by atoms with Crippen molar-refractivity contribution < 1.29 is 9.53 Å². The highest BCUT2D eigenvalue weighted by Gasteiger charge is 2.42. The van der Waals surface area contributed by atoms with E-state index in [0.29, 0.717) is 5.75 Å². The smallest absolute Gasteiger partial charge is 0.318 e. The van der Waals surface area contributed by atoms with Crippen LogP contribution in [-0.2, 0) is 4.79 Å². The van der Waals surface area contributed by atoms with Gasteiger partial charge in [0.15, 0.2) is 0 Å². The topological polar surface area (TPSA) is 26.3 Å². The maximum absolute atomic E-state index is 12.6. The van der Waals surface area contributed by atoms with Gasteiger partial charge in [-0.15, -0.1) is 0 Å². The van der Waals surface area contributed by atoms with Gasteiger partial charge in [-0.3, -0.25) is 4.79 Å². The highest BCUT2D eigenvalue weighted by molar-refractivity contribution is 6.05. The number of hydrogen-bond donors (Lipinski definition) is 0. The molecule has 0 saturated heterocycles. The third-order valence-corrected chi connectivity index (χ3v) is 4.88. The zero-order chi connectivity index (χ0) is 16.0. The highest BCUT2D eigenvalue weighted by Crippen LogP contribution is 2.53. The molecule has 116 valence electrons. The fourth-order valence-corrected chi connectivity index (χ4v) is 3.92. The summed E-state index contributed by atoms with van der Waals surface area (Å²) in [7, 11) is 0. The van der Waals surface area contributed by atoms with Crippen molar-refractivity contribution in [2.75, 3.05) is 0 Å². The molecule has 23 heavy (non-hydrogen) atoms. The number of para-hydroxylation sites is 1. The highest BCUT2D eigenvalue weighted by atomic mass is 16.5. The lowest BCUT2D eigenvalue weighted by atomic mass is 9.65. The van der Waals surface area contributed by atoms with Gasteiger partial charge in [-0.1, -0.05) is 62.4 Å². The number of hydrogen-bond acceptors (Lipinski definition) is 2. The fraction of sp³-hybridized carbons (Fsp3) is 0.286. The quantitative estimate of drug-likeness (QED) is 0.550. The van der Waals surface area contributed by atoms with E-state index in [1.54, 1.807) is 0 Å². The lowest BCUT2D eigenvalue weighted by Crippen LogP contribution is -2.35. The molecule has 0 saturated carbocycles. The van der Waals surface area contributed by atoms with Gasteiger partial charge in [0, 0.05) is 5.56 Å². The second-order valence-corrected chi connectivity index (χ2v) is 7.27. The number of esters is 1. The van der Waals surface area contributed by atoms with E-state index in [0.717, 1.165) is 18.4 Å². The van der Waals surface area contributed by atoms with Gasteiger partial charge >= 0.3 is 5.97 Å². The first-order valence-corrected chi connectivity index (χ1v) is 8.15. The number of fused-ring (bicyclic) bond motifs is 3. The molecule has 1 unspecified atom stereocenters. The molecule has 1 aliphatic heterocycles. The Bertz CT molecular complexity index is 800. The normalized spacial score (nSPS) is 22.2. The van der Waals surface area contributed by atoms with Crippen LogP contribution < -0.4 is 4.74 Å². The maximum atomic E-state index is 12.6. The van der Waals surface area contributed by atoms with Crippen molar-refractivity contribution in [1.82, 2.24) is 0 Å². The molecule has 1 atom stereocenters. The second kappa shape index (κ2) is 5.09. The number of carbonyl (C=O) groups is 1. The van der Waals surface area contributed by atoms with Gasteiger partial charge in [-0.25, -0.2) is 0 Å². The number of carbonyl (C=O) groups excluding carboxylic acids is 1. The van der Waals surface area contributed by atoms with Crippen molar-refractivity contribution in [3.8, 4) is 5.75 Å². The van der Waals surface area contributed by atoms with Crippen LogP contribution >= 0.6 is 0 Å². The molecular weight excluding hydrogens is 284 g/mol. The molecule has 0 radical (unpaired) electrons. The van der Waals surface area contributed by atoms with Crippen molar-refractivity contribution in [3.05, 3.63) is 65.7 Å². The molecule has 2 nitrogen and oxygen atoms in total. The van der Waals surface area contributed by atoms with E-state index in [1.165, 1.54) is 16.7 Å². The minimum absolute atomic E-state index is 0.0879. The molecule has 0 bridgehead atoms. The summed E-state index contributed by atoms with van der Waals surface area (Å²) in [5.41, 5.74) is 4.83. The maximum Gasteiger partial charge on any atom is 0.318 e. The van der Waals surface area contributed by atoms with Crippen molar-refractivity contribution in [2.45, 2.75) is 26.7 Å². The van der Waals surface area contributed by atoms with Gasteiger partial charge in [0.05, 0.1) is 5.92 Å². The standard InChI is InChI=1S/C21H20O2/c1-21(2)12-16(14-8-4-3-5-9-14)19-15-10-6-7-11-18(15)23-20(22)17(19)13-21/h3-11,17H,12-13H2,1-2H3. The van der Waals surface area contributed by atoms with E-state index in [9.17, 15) is 4.79 Å². The lowest BCUT2D eigenvalue weighted by molar-refractivity contribution is -0.138. The molecule has 0 fully saturated rings. The number of ether oxygens (including phenoxy) is 1. The Morgan fingerprint density at radius 3 is 2.48 bits per heavy atom. The molecule has 2 aromatic rings. The number of allylic oxidation sites excluding steroid dienone is 1. The predicted octanol–water partition coefficient (Wildman–Crippen LogP) is 4.95. The van der Waals surface area contributed by atoms with Crippen molar-refractivity contribution in [1.29, 1.82) is 0 Å². The summed E-state index contributed by atoms with van der Waals surface area (Å²) >= 11 is 0. The van der Waals surface area contributed by atoms with Crippen LogP contribution in [0.1, 0.15) is 37.8 Å². The van der Waals surface area contributed by atoms with Gasteiger partial charge in [-0.2, -0.15) is 0 Å². The molecule has 1 heterocycles. The third-order valence-electron chi connectivity index (χ3n) is 4.88. The Morgan fingerprint density at radius 2 is 1.70 bits per heavy atom. The van der Waals surface area contributed by atoms with E-state index >= 15 is 0 Å². The largest absolute Gasteiger partial charge is 0.425 e. The van der Waals surface area contributed by atoms with Crippen LogP contribution in [0.5, 0.6) is 5.75 Å². The molecule has 0 aromatic heterocycles. The summed E-state index contributed by atoms with van der Waals surface area (Å²) in [4.78, 5) is 12.6. The Hall–Kier alpha value is -2.35. The molecular formula is C21H20O2. The van der Waals surface area contributed by atoms with Gasteiger partial charge in [0.2, 0.25) is 0 Å².